The van der Waals surface area contributed by atoms with E-state index in [9.17, 15) is 0 Å². The normalized spacial score (nSPS) is 17.1. The standard InChI is InChI=1S/C10H12N2/c1-9-4-2-5-10(8-9)12-7-3-6-11-12/h3,5-8H,2,4H2,1H3. The molecular weight excluding hydrogens is 148 g/mol. The Morgan fingerprint density at radius 1 is 1.50 bits per heavy atom. The molecule has 12 heavy (non-hydrogen) atoms. The third-order valence-corrected chi connectivity index (χ3v) is 2.06. The van der Waals surface area contributed by atoms with Crippen molar-refractivity contribution in [3.05, 3.63) is 36.2 Å². The van der Waals surface area contributed by atoms with E-state index < -0.39 is 0 Å². The predicted molar refractivity (Wildman–Crippen MR) is 49.5 cm³/mol. The Bertz CT molecular complexity index is 318. The molecular formula is C10H12N2. The van der Waals surface area contributed by atoms with E-state index in [1.54, 1.807) is 6.20 Å². The van der Waals surface area contributed by atoms with Crippen LogP contribution in [-0.2, 0) is 0 Å². The van der Waals surface area contributed by atoms with E-state index in [4.69, 9.17) is 0 Å². The minimum Gasteiger partial charge on any atom is -0.241 e. The molecule has 0 unspecified atom stereocenters. The first-order valence-electron chi connectivity index (χ1n) is 4.23. The Balaban J connectivity index is 2.31. The van der Waals surface area contributed by atoms with Crippen LogP contribution in [0.15, 0.2) is 36.2 Å². The summed E-state index contributed by atoms with van der Waals surface area (Å²) in [6.07, 6.45) is 10.5. The lowest BCUT2D eigenvalue weighted by atomic mass is 10.1. The van der Waals surface area contributed by atoms with Crippen LogP contribution in [0, 0.1) is 0 Å². The minimum atomic E-state index is 1.14. The first-order valence-corrected chi connectivity index (χ1v) is 4.23. The third kappa shape index (κ3) is 1.33. The van der Waals surface area contributed by atoms with Crippen LogP contribution in [0.4, 0.5) is 0 Å². The number of hydrogen-bond donors (Lipinski definition) is 0. The quantitative estimate of drug-likeness (QED) is 0.617. The topological polar surface area (TPSA) is 17.8 Å². The molecule has 0 aliphatic heterocycles. The summed E-state index contributed by atoms with van der Waals surface area (Å²) >= 11 is 0. The van der Waals surface area contributed by atoms with Crippen LogP contribution < -0.4 is 0 Å². The number of allylic oxidation sites excluding steroid dienone is 4. The van der Waals surface area contributed by atoms with E-state index >= 15 is 0 Å². The fourth-order valence-electron chi connectivity index (χ4n) is 1.41. The third-order valence-electron chi connectivity index (χ3n) is 2.06. The van der Waals surface area contributed by atoms with Crippen LogP contribution in [0.25, 0.3) is 5.70 Å². The fourth-order valence-corrected chi connectivity index (χ4v) is 1.41. The van der Waals surface area contributed by atoms with Crippen LogP contribution in [-0.4, -0.2) is 9.78 Å². The van der Waals surface area contributed by atoms with Crippen LogP contribution in [0.2, 0.25) is 0 Å². The lowest BCUT2D eigenvalue weighted by Crippen LogP contribution is -1.98. The lowest BCUT2D eigenvalue weighted by molar-refractivity contribution is 0.873. The molecule has 0 saturated heterocycles. The largest absolute Gasteiger partial charge is 0.241 e. The van der Waals surface area contributed by atoms with Crippen molar-refractivity contribution in [1.29, 1.82) is 0 Å². The number of rotatable bonds is 1. The van der Waals surface area contributed by atoms with Crippen molar-refractivity contribution >= 4 is 5.70 Å². The second-order valence-corrected chi connectivity index (χ2v) is 3.11. The van der Waals surface area contributed by atoms with Gasteiger partial charge in [-0.25, -0.2) is 4.68 Å². The highest BCUT2D eigenvalue weighted by Crippen LogP contribution is 2.18. The van der Waals surface area contributed by atoms with E-state index in [1.165, 1.54) is 17.7 Å². The first-order chi connectivity index (χ1) is 5.86. The molecule has 1 heterocycles. The SMILES string of the molecule is CC1=CC(n2cccn2)=CCC1. The lowest BCUT2D eigenvalue weighted by Gasteiger charge is -2.09. The minimum absolute atomic E-state index is 1.14. The van der Waals surface area contributed by atoms with Crippen molar-refractivity contribution in [2.24, 2.45) is 0 Å². The van der Waals surface area contributed by atoms with Crippen LogP contribution >= 0.6 is 0 Å². The monoisotopic (exact) mass is 160 g/mol. The van der Waals surface area contributed by atoms with Crippen molar-refractivity contribution in [2.75, 3.05) is 0 Å². The highest BCUT2D eigenvalue weighted by molar-refractivity contribution is 5.58. The van der Waals surface area contributed by atoms with Crippen molar-refractivity contribution in [3.8, 4) is 0 Å². The molecule has 0 atom stereocenters. The summed E-state index contributed by atoms with van der Waals surface area (Å²) < 4.78 is 1.91. The van der Waals surface area contributed by atoms with Gasteiger partial charge in [-0.2, -0.15) is 5.10 Å². The van der Waals surface area contributed by atoms with Crippen LogP contribution in [0.3, 0.4) is 0 Å². The summed E-state index contributed by atoms with van der Waals surface area (Å²) in [7, 11) is 0. The molecule has 62 valence electrons. The van der Waals surface area contributed by atoms with Gasteiger partial charge in [0.2, 0.25) is 0 Å². The molecule has 0 bridgehead atoms. The molecule has 2 rings (SSSR count). The molecule has 0 amide bonds. The van der Waals surface area contributed by atoms with E-state index in [2.05, 4.69) is 24.2 Å². The smallest absolute Gasteiger partial charge is 0.0605 e. The average Bonchev–Trinajstić information content (AvgIpc) is 2.56. The van der Waals surface area contributed by atoms with Gasteiger partial charge in [-0.05, 0) is 31.9 Å². The summed E-state index contributed by atoms with van der Waals surface area (Å²) in [5.74, 6) is 0. The molecule has 0 aromatic carbocycles. The summed E-state index contributed by atoms with van der Waals surface area (Å²) in [6.45, 7) is 2.16. The maximum atomic E-state index is 4.18. The molecule has 2 heteroatoms. The molecule has 0 fully saturated rings. The number of aromatic nitrogens is 2. The molecule has 1 aromatic rings. The van der Waals surface area contributed by atoms with Crippen molar-refractivity contribution in [3.63, 3.8) is 0 Å². The van der Waals surface area contributed by atoms with Crippen LogP contribution in [0.1, 0.15) is 19.8 Å². The molecule has 0 radical (unpaired) electrons. The average molecular weight is 160 g/mol. The highest BCUT2D eigenvalue weighted by atomic mass is 15.3. The van der Waals surface area contributed by atoms with Gasteiger partial charge in [0.05, 0.1) is 5.70 Å². The van der Waals surface area contributed by atoms with E-state index in [-0.39, 0.29) is 0 Å². The van der Waals surface area contributed by atoms with Gasteiger partial charge in [-0.15, -0.1) is 0 Å². The van der Waals surface area contributed by atoms with Crippen LogP contribution in [0.5, 0.6) is 0 Å². The summed E-state index contributed by atoms with van der Waals surface area (Å²) in [4.78, 5) is 0. The second kappa shape index (κ2) is 2.97. The molecule has 1 aromatic heterocycles. The van der Waals surface area contributed by atoms with Gasteiger partial charge in [0.25, 0.3) is 0 Å². The van der Waals surface area contributed by atoms with Gasteiger partial charge >= 0.3 is 0 Å². The van der Waals surface area contributed by atoms with E-state index in [0.29, 0.717) is 0 Å². The van der Waals surface area contributed by atoms with Gasteiger partial charge in [0.15, 0.2) is 0 Å². The Labute approximate surface area is 72.2 Å². The summed E-state index contributed by atoms with van der Waals surface area (Å²) in [5.41, 5.74) is 2.63. The van der Waals surface area contributed by atoms with Gasteiger partial charge in [0.1, 0.15) is 0 Å². The van der Waals surface area contributed by atoms with Crippen molar-refractivity contribution in [1.82, 2.24) is 9.78 Å². The maximum Gasteiger partial charge on any atom is 0.0605 e. The fraction of sp³-hybridized carbons (Fsp3) is 0.300. The van der Waals surface area contributed by atoms with Crippen molar-refractivity contribution < 1.29 is 0 Å². The number of nitrogens with zero attached hydrogens (tertiary/aromatic N) is 2. The molecule has 1 aliphatic carbocycles. The molecule has 0 spiro atoms. The molecule has 2 nitrogen and oxygen atoms in total. The maximum absolute atomic E-state index is 4.18. The predicted octanol–water partition coefficient (Wildman–Crippen LogP) is 2.46. The number of hydrogen-bond acceptors (Lipinski definition) is 1. The summed E-state index contributed by atoms with van der Waals surface area (Å²) in [6, 6.07) is 1.94. The van der Waals surface area contributed by atoms with Gasteiger partial charge in [-0.3, -0.25) is 0 Å². The first kappa shape index (κ1) is 7.35. The van der Waals surface area contributed by atoms with E-state index in [1.807, 2.05) is 16.9 Å². The molecule has 0 N–H and O–H groups in total. The molecule has 1 aliphatic rings. The van der Waals surface area contributed by atoms with Gasteiger partial charge in [-0.1, -0.05) is 11.6 Å². The Kier molecular flexibility index (Phi) is 1.82. The van der Waals surface area contributed by atoms with E-state index in [0.717, 1.165) is 6.42 Å². The Morgan fingerprint density at radius 2 is 2.42 bits per heavy atom. The van der Waals surface area contributed by atoms with Gasteiger partial charge < -0.3 is 0 Å². The highest BCUT2D eigenvalue weighted by Gasteiger charge is 2.02. The second-order valence-electron chi connectivity index (χ2n) is 3.11. The summed E-state index contributed by atoms with van der Waals surface area (Å²) in [5, 5.41) is 4.18. The molecule has 0 saturated carbocycles. The zero-order chi connectivity index (χ0) is 8.39. The van der Waals surface area contributed by atoms with Gasteiger partial charge in [0, 0.05) is 12.4 Å². The Morgan fingerprint density at radius 3 is 3.08 bits per heavy atom. The zero-order valence-corrected chi connectivity index (χ0v) is 7.20. The zero-order valence-electron chi connectivity index (χ0n) is 7.20. The van der Waals surface area contributed by atoms with Crippen molar-refractivity contribution in [2.45, 2.75) is 19.8 Å². The Hall–Kier alpha value is -1.31.